The maximum absolute atomic E-state index is 10.2. The van der Waals surface area contributed by atoms with E-state index in [4.69, 9.17) is 9.47 Å². The van der Waals surface area contributed by atoms with Crippen molar-refractivity contribution in [2.24, 2.45) is 0 Å². The summed E-state index contributed by atoms with van der Waals surface area (Å²) in [5.41, 5.74) is 1.71. The van der Waals surface area contributed by atoms with Crippen molar-refractivity contribution in [3.05, 3.63) is 52.5 Å². The molecular formula is C16H18BrNO3. The average molecular weight is 352 g/mol. The lowest BCUT2D eigenvalue weighted by Gasteiger charge is -2.15. The van der Waals surface area contributed by atoms with E-state index in [1.54, 1.807) is 14.2 Å². The molecule has 0 saturated heterocycles. The lowest BCUT2D eigenvalue weighted by atomic mass is 10.1. The molecule has 0 heterocycles. The van der Waals surface area contributed by atoms with Gasteiger partial charge < -0.3 is 19.9 Å². The minimum Gasteiger partial charge on any atom is -0.497 e. The number of rotatable bonds is 6. The van der Waals surface area contributed by atoms with Crippen LogP contribution in [0.25, 0.3) is 0 Å². The van der Waals surface area contributed by atoms with Gasteiger partial charge in [0.15, 0.2) is 0 Å². The standard InChI is InChI=1S/C16H18BrNO3/c1-20-12-5-3-11(4-6-12)16(19)10-18-15-9-13(21-2)7-8-14(15)17/h3-9,16,18-19H,10H2,1-2H3. The van der Waals surface area contributed by atoms with Crippen LogP contribution < -0.4 is 14.8 Å². The van der Waals surface area contributed by atoms with Gasteiger partial charge in [-0.2, -0.15) is 0 Å². The van der Waals surface area contributed by atoms with Crippen molar-refractivity contribution >= 4 is 21.6 Å². The van der Waals surface area contributed by atoms with Crippen LogP contribution in [-0.2, 0) is 0 Å². The molecule has 0 saturated carbocycles. The Hall–Kier alpha value is -1.72. The first kappa shape index (κ1) is 15.7. The second-order valence-electron chi connectivity index (χ2n) is 4.52. The van der Waals surface area contributed by atoms with Gasteiger partial charge in [0.05, 0.1) is 26.0 Å². The van der Waals surface area contributed by atoms with Crippen molar-refractivity contribution in [3.63, 3.8) is 0 Å². The van der Waals surface area contributed by atoms with Crippen LogP contribution in [0, 0.1) is 0 Å². The summed E-state index contributed by atoms with van der Waals surface area (Å²) < 4.78 is 11.2. The second kappa shape index (κ2) is 7.33. The highest BCUT2D eigenvalue weighted by Crippen LogP contribution is 2.28. The molecule has 5 heteroatoms. The molecule has 4 nitrogen and oxygen atoms in total. The van der Waals surface area contributed by atoms with Crippen LogP contribution in [-0.4, -0.2) is 25.9 Å². The van der Waals surface area contributed by atoms with E-state index in [1.807, 2.05) is 42.5 Å². The Labute approximate surface area is 132 Å². The maximum Gasteiger partial charge on any atom is 0.121 e. The monoisotopic (exact) mass is 351 g/mol. The summed E-state index contributed by atoms with van der Waals surface area (Å²) in [4.78, 5) is 0. The Morgan fingerprint density at radius 1 is 1.05 bits per heavy atom. The van der Waals surface area contributed by atoms with Crippen LogP contribution in [0.5, 0.6) is 11.5 Å². The minimum atomic E-state index is -0.603. The normalized spacial score (nSPS) is 11.8. The molecule has 112 valence electrons. The zero-order valence-corrected chi connectivity index (χ0v) is 13.6. The highest BCUT2D eigenvalue weighted by atomic mass is 79.9. The number of hydrogen-bond acceptors (Lipinski definition) is 4. The van der Waals surface area contributed by atoms with Crippen molar-refractivity contribution in [1.29, 1.82) is 0 Å². The molecule has 0 aliphatic carbocycles. The van der Waals surface area contributed by atoms with E-state index in [1.165, 1.54) is 0 Å². The summed E-state index contributed by atoms with van der Waals surface area (Å²) in [5.74, 6) is 1.54. The SMILES string of the molecule is COc1ccc(C(O)CNc2cc(OC)ccc2Br)cc1. The second-order valence-corrected chi connectivity index (χ2v) is 5.37. The van der Waals surface area contributed by atoms with Gasteiger partial charge in [0.2, 0.25) is 0 Å². The highest BCUT2D eigenvalue weighted by Gasteiger charge is 2.09. The van der Waals surface area contributed by atoms with Gasteiger partial charge in [0, 0.05) is 17.1 Å². The van der Waals surface area contributed by atoms with Crippen molar-refractivity contribution in [2.75, 3.05) is 26.1 Å². The van der Waals surface area contributed by atoms with Crippen LogP contribution in [0.2, 0.25) is 0 Å². The van der Waals surface area contributed by atoms with Gasteiger partial charge in [-0.1, -0.05) is 12.1 Å². The molecule has 0 aromatic heterocycles. The van der Waals surface area contributed by atoms with Crippen molar-refractivity contribution in [2.45, 2.75) is 6.10 Å². The van der Waals surface area contributed by atoms with Gasteiger partial charge in [-0.25, -0.2) is 0 Å². The van der Waals surface area contributed by atoms with Crippen molar-refractivity contribution < 1.29 is 14.6 Å². The maximum atomic E-state index is 10.2. The molecule has 0 bridgehead atoms. The van der Waals surface area contributed by atoms with Crippen LogP contribution >= 0.6 is 15.9 Å². The summed E-state index contributed by atoms with van der Waals surface area (Å²) in [6.45, 7) is 0.401. The fraction of sp³-hybridized carbons (Fsp3) is 0.250. The first-order valence-electron chi connectivity index (χ1n) is 6.53. The predicted molar refractivity (Wildman–Crippen MR) is 87.1 cm³/mol. The van der Waals surface area contributed by atoms with Gasteiger partial charge in [-0.15, -0.1) is 0 Å². The van der Waals surface area contributed by atoms with E-state index in [2.05, 4.69) is 21.2 Å². The smallest absolute Gasteiger partial charge is 0.121 e. The molecule has 2 rings (SSSR count). The summed E-state index contributed by atoms with van der Waals surface area (Å²) in [6.07, 6.45) is -0.603. The van der Waals surface area contributed by atoms with Gasteiger partial charge in [0.1, 0.15) is 11.5 Å². The minimum absolute atomic E-state index is 0.401. The van der Waals surface area contributed by atoms with Crippen molar-refractivity contribution in [1.82, 2.24) is 0 Å². The molecule has 1 unspecified atom stereocenters. The molecule has 0 amide bonds. The Kier molecular flexibility index (Phi) is 5.47. The third-order valence-corrected chi connectivity index (χ3v) is 3.85. The zero-order valence-electron chi connectivity index (χ0n) is 12.0. The van der Waals surface area contributed by atoms with Gasteiger partial charge >= 0.3 is 0 Å². The number of benzene rings is 2. The summed E-state index contributed by atoms with van der Waals surface area (Å²) in [5, 5.41) is 13.4. The number of ether oxygens (including phenoxy) is 2. The third-order valence-electron chi connectivity index (χ3n) is 3.16. The Bertz CT molecular complexity index is 587. The molecule has 0 aliphatic heterocycles. The lowest BCUT2D eigenvalue weighted by molar-refractivity contribution is 0.191. The highest BCUT2D eigenvalue weighted by molar-refractivity contribution is 9.10. The van der Waals surface area contributed by atoms with Crippen LogP contribution in [0.4, 0.5) is 5.69 Å². The van der Waals surface area contributed by atoms with Crippen LogP contribution in [0.3, 0.4) is 0 Å². The zero-order chi connectivity index (χ0) is 15.2. The molecule has 0 fully saturated rings. The van der Waals surface area contributed by atoms with Gasteiger partial charge in [0.25, 0.3) is 0 Å². The van der Waals surface area contributed by atoms with Gasteiger partial charge in [-0.05, 0) is 45.8 Å². The Morgan fingerprint density at radius 2 is 1.67 bits per heavy atom. The number of halogens is 1. The molecule has 21 heavy (non-hydrogen) atoms. The topological polar surface area (TPSA) is 50.7 Å². The molecule has 2 N–H and O–H groups in total. The van der Waals surface area contributed by atoms with E-state index >= 15 is 0 Å². The molecule has 2 aromatic carbocycles. The fourth-order valence-electron chi connectivity index (χ4n) is 1.92. The van der Waals surface area contributed by atoms with E-state index in [0.29, 0.717) is 6.54 Å². The van der Waals surface area contributed by atoms with E-state index in [0.717, 1.165) is 27.2 Å². The fourth-order valence-corrected chi connectivity index (χ4v) is 2.30. The quantitative estimate of drug-likeness (QED) is 0.834. The third kappa shape index (κ3) is 4.12. The van der Waals surface area contributed by atoms with Crippen LogP contribution in [0.1, 0.15) is 11.7 Å². The van der Waals surface area contributed by atoms with Crippen LogP contribution in [0.15, 0.2) is 46.9 Å². The molecular weight excluding hydrogens is 334 g/mol. The van der Waals surface area contributed by atoms with E-state index in [9.17, 15) is 5.11 Å². The first-order valence-corrected chi connectivity index (χ1v) is 7.32. The molecule has 1 atom stereocenters. The molecule has 0 radical (unpaired) electrons. The summed E-state index contributed by atoms with van der Waals surface area (Å²) >= 11 is 3.47. The molecule has 2 aromatic rings. The first-order chi connectivity index (χ1) is 10.1. The van der Waals surface area contributed by atoms with E-state index < -0.39 is 6.10 Å². The number of methoxy groups -OCH3 is 2. The Morgan fingerprint density at radius 3 is 2.29 bits per heavy atom. The number of nitrogens with one attached hydrogen (secondary N) is 1. The predicted octanol–water partition coefficient (Wildman–Crippen LogP) is 3.61. The number of aliphatic hydroxyl groups excluding tert-OH is 1. The number of anilines is 1. The summed E-state index contributed by atoms with van der Waals surface area (Å²) in [7, 11) is 3.24. The number of aliphatic hydroxyl groups is 1. The van der Waals surface area contributed by atoms with Gasteiger partial charge in [-0.3, -0.25) is 0 Å². The largest absolute Gasteiger partial charge is 0.497 e. The van der Waals surface area contributed by atoms with E-state index in [-0.39, 0.29) is 0 Å². The molecule has 0 aliphatic rings. The average Bonchev–Trinajstić information content (AvgIpc) is 2.54. The number of hydrogen-bond donors (Lipinski definition) is 2. The molecule has 0 spiro atoms. The Balaban J connectivity index is 2.01. The lowest BCUT2D eigenvalue weighted by Crippen LogP contribution is -2.12. The summed E-state index contributed by atoms with van der Waals surface area (Å²) in [6, 6.07) is 13.0. The van der Waals surface area contributed by atoms with Crippen molar-refractivity contribution in [3.8, 4) is 11.5 Å².